The van der Waals surface area contributed by atoms with Crippen LogP contribution in [0, 0.1) is 0 Å². The van der Waals surface area contributed by atoms with Gasteiger partial charge < -0.3 is 0 Å². The highest BCUT2D eigenvalue weighted by molar-refractivity contribution is 9.10. The third kappa shape index (κ3) is 4.11. The van der Waals surface area contributed by atoms with Gasteiger partial charge in [0, 0.05) is 9.80 Å². The van der Waals surface area contributed by atoms with Gasteiger partial charge in [0.25, 0.3) is 0 Å². The van der Waals surface area contributed by atoms with Crippen molar-refractivity contribution in [1.29, 1.82) is 0 Å². The van der Waals surface area contributed by atoms with Gasteiger partial charge in [-0.15, -0.1) is 0 Å². The van der Waals surface area contributed by atoms with Crippen molar-refractivity contribution in [1.82, 2.24) is 0 Å². The second-order valence-electron chi connectivity index (χ2n) is 4.07. The summed E-state index contributed by atoms with van der Waals surface area (Å²) in [6.07, 6.45) is 5.35. The normalized spacial score (nSPS) is 11.0. The molecule has 0 saturated carbocycles. The van der Waals surface area contributed by atoms with Gasteiger partial charge in [-0.2, -0.15) is 0 Å². The topological polar surface area (TPSA) is 0 Å². The summed E-state index contributed by atoms with van der Waals surface area (Å²) >= 11 is 6.89. The lowest BCUT2D eigenvalue weighted by Gasteiger charge is -1.99. The highest BCUT2D eigenvalue weighted by Crippen LogP contribution is 2.14. The summed E-state index contributed by atoms with van der Waals surface area (Å²) in [7, 11) is 0. The van der Waals surface area contributed by atoms with E-state index in [0.717, 1.165) is 16.2 Å². The molecule has 92 valence electrons. The van der Waals surface area contributed by atoms with Crippen molar-refractivity contribution in [2.45, 2.75) is 6.42 Å². The van der Waals surface area contributed by atoms with Gasteiger partial charge in [-0.1, -0.05) is 80.4 Å². The van der Waals surface area contributed by atoms with Gasteiger partial charge in [-0.05, 0) is 35.2 Å². The van der Waals surface area contributed by atoms with E-state index in [4.69, 9.17) is 0 Å². The van der Waals surface area contributed by atoms with Gasteiger partial charge in [0.15, 0.2) is 0 Å². The van der Waals surface area contributed by atoms with Crippen molar-refractivity contribution >= 4 is 44.0 Å². The molecule has 0 radical (unpaired) electrons. The number of alkyl halides is 1. The zero-order chi connectivity index (χ0) is 12.8. The Morgan fingerprint density at radius 3 is 1.78 bits per heavy atom. The molecule has 0 fully saturated rings. The van der Waals surface area contributed by atoms with Crippen LogP contribution in [0.4, 0.5) is 0 Å². The minimum Gasteiger partial charge on any atom is -0.0924 e. The largest absolute Gasteiger partial charge is 0.0924 e. The maximum absolute atomic E-state index is 3.45. The molecule has 0 unspecified atom stereocenters. The zero-order valence-electron chi connectivity index (χ0n) is 9.94. The fraction of sp³-hybridized carbons (Fsp3) is 0.125. The molecule has 0 N–H and O–H groups in total. The molecular weight excluding hydrogens is 352 g/mol. The van der Waals surface area contributed by atoms with E-state index in [0.29, 0.717) is 0 Å². The molecule has 0 aliphatic carbocycles. The second kappa shape index (κ2) is 6.91. The number of aryl methyl sites for hydroxylation is 1. The number of rotatable bonds is 4. The minimum atomic E-state index is 1.01. The van der Waals surface area contributed by atoms with Gasteiger partial charge in [0.2, 0.25) is 0 Å². The zero-order valence-corrected chi connectivity index (χ0v) is 13.1. The summed E-state index contributed by atoms with van der Waals surface area (Å²) < 4.78 is 1.11. The van der Waals surface area contributed by atoms with Crippen LogP contribution in [0.2, 0.25) is 0 Å². The average Bonchev–Trinajstić information content (AvgIpc) is 2.40. The van der Waals surface area contributed by atoms with Crippen LogP contribution in [0.5, 0.6) is 0 Å². The Morgan fingerprint density at radius 1 is 0.778 bits per heavy atom. The molecule has 0 heterocycles. The SMILES string of the molecule is BrCCc1ccc(/C=C/c2ccc(Br)cc2)cc1. The molecule has 2 rings (SSSR count). The standard InChI is InChI=1S/C16H14Br2/c17-12-11-15-5-3-13(4-6-15)1-2-14-7-9-16(18)10-8-14/h1-10H,11-12H2/b2-1+. The lowest BCUT2D eigenvalue weighted by molar-refractivity contribution is 1.17. The first-order chi connectivity index (χ1) is 8.78. The van der Waals surface area contributed by atoms with E-state index >= 15 is 0 Å². The van der Waals surface area contributed by atoms with Crippen molar-refractivity contribution in [3.63, 3.8) is 0 Å². The molecule has 18 heavy (non-hydrogen) atoms. The highest BCUT2D eigenvalue weighted by atomic mass is 79.9. The summed E-state index contributed by atoms with van der Waals surface area (Å²) in [6.45, 7) is 0. The van der Waals surface area contributed by atoms with E-state index < -0.39 is 0 Å². The Balaban J connectivity index is 2.06. The minimum absolute atomic E-state index is 1.01. The molecule has 0 spiro atoms. The third-order valence-corrected chi connectivity index (χ3v) is 3.63. The predicted octanol–water partition coefficient (Wildman–Crippen LogP) is 5.56. The van der Waals surface area contributed by atoms with Crippen LogP contribution in [0.25, 0.3) is 12.2 Å². The highest BCUT2D eigenvalue weighted by Gasteiger charge is 1.92. The van der Waals surface area contributed by atoms with Gasteiger partial charge >= 0.3 is 0 Å². The van der Waals surface area contributed by atoms with Gasteiger partial charge in [0.1, 0.15) is 0 Å². The molecule has 0 aliphatic rings. The summed E-state index contributed by atoms with van der Waals surface area (Å²) in [6, 6.07) is 17.0. The van der Waals surface area contributed by atoms with E-state index in [9.17, 15) is 0 Å². The maximum Gasteiger partial charge on any atom is 0.0175 e. The molecular formula is C16H14Br2. The van der Waals surface area contributed by atoms with Crippen molar-refractivity contribution in [2.75, 3.05) is 5.33 Å². The lowest BCUT2D eigenvalue weighted by Crippen LogP contribution is -1.84. The van der Waals surface area contributed by atoms with Crippen LogP contribution in [-0.2, 0) is 6.42 Å². The fourth-order valence-corrected chi connectivity index (χ4v) is 2.39. The summed E-state index contributed by atoms with van der Waals surface area (Å²) in [5.41, 5.74) is 3.81. The number of halogens is 2. The molecule has 2 aromatic carbocycles. The molecule has 0 saturated heterocycles. The Kier molecular flexibility index (Phi) is 5.21. The molecule has 0 nitrogen and oxygen atoms in total. The van der Waals surface area contributed by atoms with E-state index in [1.165, 1.54) is 16.7 Å². The first-order valence-electron chi connectivity index (χ1n) is 5.86. The van der Waals surface area contributed by atoms with Gasteiger partial charge in [0.05, 0.1) is 0 Å². The van der Waals surface area contributed by atoms with E-state index in [1.54, 1.807) is 0 Å². The Labute approximate surface area is 125 Å². The van der Waals surface area contributed by atoms with E-state index in [2.05, 4.69) is 92.5 Å². The third-order valence-electron chi connectivity index (χ3n) is 2.70. The Morgan fingerprint density at radius 2 is 1.28 bits per heavy atom. The molecule has 2 aromatic rings. The Hall–Kier alpha value is -0.860. The van der Waals surface area contributed by atoms with Crippen molar-refractivity contribution in [3.05, 3.63) is 69.7 Å². The second-order valence-corrected chi connectivity index (χ2v) is 5.77. The quantitative estimate of drug-likeness (QED) is 0.491. The first kappa shape index (κ1) is 13.6. The molecule has 0 bridgehead atoms. The summed E-state index contributed by atoms with van der Waals surface area (Å²) in [5.74, 6) is 0. The molecule has 0 atom stereocenters. The molecule has 0 aliphatic heterocycles. The van der Waals surface area contributed by atoms with Crippen LogP contribution in [0.1, 0.15) is 16.7 Å². The maximum atomic E-state index is 3.45. The average molecular weight is 366 g/mol. The van der Waals surface area contributed by atoms with Crippen LogP contribution in [0.15, 0.2) is 53.0 Å². The van der Waals surface area contributed by atoms with Crippen LogP contribution in [-0.4, -0.2) is 5.33 Å². The molecule has 2 heteroatoms. The van der Waals surface area contributed by atoms with Crippen LogP contribution in [0.3, 0.4) is 0 Å². The van der Waals surface area contributed by atoms with E-state index in [-0.39, 0.29) is 0 Å². The van der Waals surface area contributed by atoms with Crippen molar-refractivity contribution < 1.29 is 0 Å². The van der Waals surface area contributed by atoms with Crippen molar-refractivity contribution in [3.8, 4) is 0 Å². The first-order valence-corrected chi connectivity index (χ1v) is 7.78. The lowest BCUT2D eigenvalue weighted by atomic mass is 10.1. The number of benzene rings is 2. The van der Waals surface area contributed by atoms with E-state index in [1.807, 2.05) is 0 Å². The molecule has 0 aromatic heterocycles. The van der Waals surface area contributed by atoms with Crippen LogP contribution < -0.4 is 0 Å². The monoisotopic (exact) mass is 364 g/mol. The number of hydrogen-bond acceptors (Lipinski definition) is 0. The molecule has 0 amide bonds. The van der Waals surface area contributed by atoms with Crippen LogP contribution >= 0.6 is 31.9 Å². The summed E-state index contributed by atoms with van der Waals surface area (Å²) in [4.78, 5) is 0. The van der Waals surface area contributed by atoms with Crippen molar-refractivity contribution in [2.24, 2.45) is 0 Å². The smallest absolute Gasteiger partial charge is 0.0175 e. The number of hydrogen-bond donors (Lipinski definition) is 0. The summed E-state index contributed by atoms with van der Waals surface area (Å²) in [5, 5.41) is 1.01. The van der Waals surface area contributed by atoms with Gasteiger partial charge in [-0.25, -0.2) is 0 Å². The fourth-order valence-electron chi connectivity index (χ4n) is 1.67. The Bertz CT molecular complexity index is 510. The predicted molar refractivity (Wildman–Crippen MR) is 87.0 cm³/mol. The van der Waals surface area contributed by atoms with Gasteiger partial charge in [-0.3, -0.25) is 0 Å².